The van der Waals surface area contributed by atoms with E-state index in [0.29, 0.717) is 12.8 Å². The van der Waals surface area contributed by atoms with Crippen LogP contribution in [0.3, 0.4) is 0 Å². The van der Waals surface area contributed by atoms with Crippen molar-refractivity contribution in [3.05, 3.63) is 0 Å². The summed E-state index contributed by atoms with van der Waals surface area (Å²) in [6.45, 7) is 2.50. The maximum atomic E-state index is 12.2. The van der Waals surface area contributed by atoms with Crippen LogP contribution >= 0.6 is 7.82 Å². The van der Waals surface area contributed by atoms with Crippen LogP contribution in [0.2, 0.25) is 0 Å². The molecule has 0 aromatic rings. The number of hydrogen-bond donors (Lipinski definition) is 3. The molecule has 0 fully saturated rings. The van der Waals surface area contributed by atoms with Crippen molar-refractivity contribution >= 4 is 25.7 Å². The number of nitrogens with two attached hydrogens (primary N) is 1. The number of carboxylic acid groups (broad SMARTS) is 1. The maximum absolute atomic E-state index is 12.2. The van der Waals surface area contributed by atoms with E-state index in [1.165, 1.54) is 0 Å². The molecule has 0 aromatic heterocycles. The summed E-state index contributed by atoms with van der Waals surface area (Å²) in [7, 11) is -4.67. The van der Waals surface area contributed by atoms with Gasteiger partial charge in [0.15, 0.2) is 6.10 Å². The lowest BCUT2D eigenvalue weighted by molar-refractivity contribution is -0.161. The van der Waals surface area contributed by atoms with E-state index in [1.54, 1.807) is 0 Å². The third-order valence-corrected chi connectivity index (χ3v) is 5.81. The first kappa shape index (κ1) is 32.5. The second-order valence-corrected chi connectivity index (χ2v) is 9.58. The number of carbonyl (C=O) groups excluding carboxylic acids is 2. The summed E-state index contributed by atoms with van der Waals surface area (Å²) in [4.78, 5) is 44.5. The summed E-state index contributed by atoms with van der Waals surface area (Å²) in [5, 5.41) is 8.72. The van der Waals surface area contributed by atoms with E-state index < -0.39 is 51.1 Å². The Kier molecular flexibility index (Phi) is 18.9. The topological polar surface area (TPSA) is 172 Å². The average molecular weight is 512 g/mol. The number of phosphoric ester groups is 1. The zero-order valence-corrected chi connectivity index (χ0v) is 21.3. The van der Waals surface area contributed by atoms with Gasteiger partial charge in [0.2, 0.25) is 0 Å². The largest absolute Gasteiger partial charge is 0.480 e. The van der Waals surface area contributed by atoms with Crippen molar-refractivity contribution in [2.24, 2.45) is 5.73 Å². The van der Waals surface area contributed by atoms with Gasteiger partial charge in [-0.05, 0) is 12.8 Å². The Labute approximate surface area is 202 Å². The van der Waals surface area contributed by atoms with E-state index in [0.717, 1.165) is 51.4 Å². The molecule has 0 heterocycles. The number of aliphatic carboxylic acids is 1. The molecule has 0 spiro atoms. The number of carbonyl (C=O) groups is 3. The number of unbranched alkanes of at least 4 members (excludes halogenated alkanes) is 8. The van der Waals surface area contributed by atoms with Crippen LogP contribution in [-0.2, 0) is 37.5 Å². The number of carboxylic acids is 1. The van der Waals surface area contributed by atoms with Crippen LogP contribution in [0.15, 0.2) is 0 Å². The monoisotopic (exact) mass is 511 g/mol. The zero-order chi connectivity index (χ0) is 25.8. The molecule has 0 radical (unpaired) electrons. The van der Waals surface area contributed by atoms with Gasteiger partial charge in [-0.1, -0.05) is 65.2 Å². The van der Waals surface area contributed by atoms with Gasteiger partial charge in [-0.2, -0.15) is 0 Å². The SMILES string of the molecule is CCCCCCCCC(=O)OC(COC(=O)CCCCCC)COP(=O)(O)OCC(N)C(=O)O. The predicted molar refractivity (Wildman–Crippen MR) is 125 cm³/mol. The predicted octanol–water partition coefficient (Wildman–Crippen LogP) is 3.71. The molecule has 0 rings (SSSR count). The van der Waals surface area contributed by atoms with Crippen LogP contribution in [0.1, 0.15) is 90.9 Å². The number of hydrogen-bond acceptors (Lipinski definition) is 9. The van der Waals surface area contributed by atoms with Crippen LogP contribution in [0.5, 0.6) is 0 Å². The first-order valence-electron chi connectivity index (χ1n) is 12.1. The molecule has 4 N–H and O–H groups in total. The molecule has 0 bridgehead atoms. The standard InChI is InChI=1S/C22H42NO10P/c1-3-5-7-9-10-12-14-21(25)33-18(15-30-20(24)13-11-8-6-4-2)16-31-34(28,29)32-17-19(23)22(26)27/h18-19H,3-17,23H2,1-2H3,(H,26,27)(H,28,29). The van der Waals surface area contributed by atoms with Crippen LogP contribution < -0.4 is 5.73 Å². The molecule has 3 unspecified atom stereocenters. The number of rotatable bonds is 22. The number of ether oxygens (including phenoxy) is 2. The van der Waals surface area contributed by atoms with Gasteiger partial charge in [-0.25, -0.2) is 4.57 Å². The highest BCUT2D eigenvalue weighted by Crippen LogP contribution is 2.43. The first-order valence-corrected chi connectivity index (χ1v) is 13.6. The summed E-state index contributed by atoms with van der Waals surface area (Å²) < 4.78 is 31.8. The fourth-order valence-electron chi connectivity index (χ4n) is 2.83. The van der Waals surface area contributed by atoms with Crippen LogP contribution in [0.4, 0.5) is 0 Å². The molecular formula is C22H42NO10P. The van der Waals surface area contributed by atoms with E-state index >= 15 is 0 Å². The minimum absolute atomic E-state index is 0.161. The minimum Gasteiger partial charge on any atom is -0.480 e. The molecule has 34 heavy (non-hydrogen) atoms. The second kappa shape index (κ2) is 19.8. The molecule has 0 aromatic carbocycles. The molecule has 0 saturated carbocycles. The van der Waals surface area contributed by atoms with Crippen molar-refractivity contribution in [3.63, 3.8) is 0 Å². The van der Waals surface area contributed by atoms with Gasteiger partial charge in [0.1, 0.15) is 12.6 Å². The Balaban J connectivity index is 4.66. The van der Waals surface area contributed by atoms with Crippen molar-refractivity contribution in [2.45, 2.75) is 103 Å². The molecule has 3 atom stereocenters. The van der Waals surface area contributed by atoms with E-state index in [-0.39, 0.29) is 19.4 Å². The molecule has 0 amide bonds. The summed E-state index contributed by atoms with van der Waals surface area (Å²) >= 11 is 0. The first-order chi connectivity index (χ1) is 16.1. The summed E-state index contributed by atoms with van der Waals surface area (Å²) in [5.74, 6) is -2.42. The lowest BCUT2D eigenvalue weighted by atomic mass is 10.1. The Morgan fingerprint density at radius 1 is 0.794 bits per heavy atom. The Bertz CT molecular complexity index is 631. The Hall–Kier alpha value is -1.52. The Morgan fingerprint density at radius 2 is 1.29 bits per heavy atom. The van der Waals surface area contributed by atoms with Crippen molar-refractivity contribution in [1.82, 2.24) is 0 Å². The molecular weight excluding hydrogens is 469 g/mol. The smallest absolute Gasteiger partial charge is 0.472 e. The van der Waals surface area contributed by atoms with Gasteiger partial charge in [0.25, 0.3) is 0 Å². The van der Waals surface area contributed by atoms with Gasteiger partial charge in [-0.3, -0.25) is 23.4 Å². The van der Waals surface area contributed by atoms with Crippen molar-refractivity contribution < 1.29 is 47.5 Å². The molecule has 0 aliphatic carbocycles. The van der Waals surface area contributed by atoms with Crippen LogP contribution in [-0.4, -0.2) is 59.9 Å². The molecule has 11 nitrogen and oxygen atoms in total. The quantitative estimate of drug-likeness (QED) is 0.110. The number of esters is 2. The van der Waals surface area contributed by atoms with Gasteiger partial charge >= 0.3 is 25.7 Å². The van der Waals surface area contributed by atoms with Gasteiger partial charge < -0.3 is 25.2 Å². The summed E-state index contributed by atoms with van der Waals surface area (Å²) in [6.07, 6.45) is 8.79. The van der Waals surface area contributed by atoms with Crippen molar-refractivity contribution in [3.8, 4) is 0 Å². The lowest BCUT2D eigenvalue weighted by Gasteiger charge is -2.20. The van der Waals surface area contributed by atoms with E-state index in [2.05, 4.69) is 18.4 Å². The van der Waals surface area contributed by atoms with Gasteiger partial charge in [0.05, 0.1) is 13.2 Å². The molecule has 12 heteroatoms. The fraction of sp³-hybridized carbons (Fsp3) is 0.864. The van der Waals surface area contributed by atoms with E-state index in [1.807, 2.05) is 0 Å². The Morgan fingerprint density at radius 3 is 1.88 bits per heavy atom. The molecule has 0 saturated heterocycles. The highest BCUT2D eigenvalue weighted by atomic mass is 31.2. The minimum atomic E-state index is -4.67. The second-order valence-electron chi connectivity index (χ2n) is 8.13. The van der Waals surface area contributed by atoms with Gasteiger partial charge in [0, 0.05) is 12.8 Å². The molecule has 200 valence electrons. The normalized spacial score (nSPS) is 14.7. The molecule has 0 aliphatic heterocycles. The van der Waals surface area contributed by atoms with Crippen LogP contribution in [0, 0.1) is 0 Å². The fourth-order valence-corrected chi connectivity index (χ4v) is 3.60. The highest BCUT2D eigenvalue weighted by Gasteiger charge is 2.28. The van der Waals surface area contributed by atoms with E-state index in [4.69, 9.17) is 24.8 Å². The average Bonchev–Trinajstić information content (AvgIpc) is 2.79. The molecule has 0 aliphatic rings. The van der Waals surface area contributed by atoms with Crippen molar-refractivity contribution in [1.29, 1.82) is 0 Å². The third kappa shape index (κ3) is 18.9. The highest BCUT2D eigenvalue weighted by molar-refractivity contribution is 7.47. The van der Waals surface area contributed by atoms with Crippen LogP contribution in [0.25, 0.3) is 0 Å². The third-order valence-electron chi connectivity index (χ3n) is 4.86. The summed E-state index contributed by atoms with van der Waals surface area (Å²) in [6, 6.07) is -1.51. The maximum Gasteiger partial charge on any atom is 0.472 e. The number of phosphoric acid groups is 1. The van der Waals surface area contributed by atoms with Gasteiger partial charge in [-0.15, -0.1) is 0 Å². The van der Waals surface area contributed by atoms with Crippen molar-refractivity contribution in [2.75, 3.05) is 19.8 Å². The zero-order valence-electron chi connectivity index (χ0n) is 20.4. The summed E-state index contributed by atoms with van der Waals surface area (Å²) in [5.41, 5.74) is 5.23. The van der Waals surface area contributed by atoms with E-state index in [9.17, 15) is 23.8 Å². The lowest BCUT2D eigenvalue weighted by Crippen LogP contribution is -2.34.